The van der Waals surface area contributed by atoms with E-state index in [4.69, 9.17) is 11.6 Å². The van der Waals surface area contributed by atoms with Crippen molar-refractivity contribution in [3.05, 3.63) is 81.7 Å². The van der Waals surface area contributed by atoms with Crippen LogP contribution in [0.2, 0.25) is 5.02 Å². The molecule has 4 rings (SSSR count). The maximum absolute atomic E-state index is 14.0. The molecule has 0 spiro atoms. The van der Waals surface area contributed by atoms with E-state index in [1.165, 1.54) is 23.0 Å². The first-order valence-electron chi connectivity index (χ1n) is 9.85. The highest BCUT2D eigenvalue weighted by atomic mass is 35.5. The molecule has 9 heteroatoms. The summed E-state index contributed by atoms with van der Waals surface area (Å²) >= 11 is 6.33. The Kier molecular flexibility index (Phi) is 6.01. The Hall–Kier alpha value is -3.23. The third kappa shape index (κ3) is 4.17. The fourth-order valence-corrected chi connectivity index (χ4v) is 3.55. The van der Waals surface area contributed by atoms with Gasteiger partial charge in [-0.2, -0.15) is 5.10 Å². The van der Waals surface area contributed by atoms with E-state index in [1.807, 2.05) is 6.92 Å². The lowest BCUT2D eigenvalue weighted by atomic mass is 10.2. The molecule has 4 aromatic rings. The number of rotatable bonds is 7. The van der Waals surface area contributed by atoms with Crippen LogP contribution in [-0.2, 0) is 6.54 Å². The minimum Gasteiger partial charge on any atom is -0.394 e. The molecule has 3 aromatic heterocycles. The van der Waals surface area contributed by atoms with Crippen molar-refractivity contribution in [1.29, 1.82) is 0 Å². The van der Waals surface area contributed by atoms with Crippen LogP contribution < -0.4 is 10.9 Å². The molecule has 0 radical (unpaired) electrons. The molecule has 7 nitrogen and oxygen atoms in total. The van der Waals surface area contributed by atoms with Gasteiger partial charge in [-0.3, -0.25) is 14.0 Å². The van der Waals surface area contributed by atoms with E-state index < -0.39 is 0 Å². The smallest absolute Gasteiger partial charge is 0.266 e. The van der Waals surface area contributed by atoms with Crippen LogP contribution in [0.4, 0.5) is 10.2 Å². The van der Waals surface area contributed by atoms with Gasteiger partial charge in [0.05, 0.1) is 53.2 Å². The van der Waals surface area contributed by atoms with Crippen LogP contribution in [0.5, 0.6) is 0 Å². The summed E-state index contributed by atoms with van der Waals surface area (Å²) in [5.74, 6) is 0.180. The zero-order chi connectivity index (χ0) is 22.0. The van der Waals surface area contributed by atoms with Crippen molar-refractivity contribution in [3.63, 3.8) is 0 Å². The number of benzene rings is 1. The summed E-state index contributed by atoms with van der Waals surface area (Å²) in [5, 5.41) is 17.5. The topological polar surface area (TPSA) is 85.0 Å². The van der Waals surface area contributed by atoms with Crippen molar-refractivity contribution in [2.75, 3.05) is 11.9 Å². The Morgan fingerprint density at radius 2 is 2.06 bits per heavy atom. The molecule has 160 valence electrons. The van der Waals surface area contributed by atoms with Crippen LogP contribution in [0.1, 0.15) is 18.9 Å². The molecule has 0 aliphatic heterocycles. The lowest BCUT2D eigenvalue weighted by Gasteiger charge is -2.16. The number of aliphatic hydroxyl groups excluding tert-OH is 1. The molecule has 1 aromatic carbocycles. The molecule has 0 aliphatic carbocycles. The van der Waals surface area contributed by atoms with Gasteiger partial charge in [-0.25, -0.2) is 9.37 Å². The monoisotopic (exact) mass is 441 g/mol. The number of nitrogens with zero attached hydrogens (tertiary/aromatic N) is 4. The molecule has 0 aliphatic rings. The van der Waals surface area contributed by atoms with Crippen LogP contribution in [0, 0.1) is 5.82 Å². The van der Waals surface area contributed by atoms with Crippen molar-refractivity contribution in [3.8, 4) is 5.69 Å². The van der Waals surface area contributed by atoms with Crippen molar-refractivity contribution in [2.45, 2.75) is 25.9 Å². The first-order chi connectivity index (χ1) is 15.0. The molecule has 31 heavy (non-hydrogen) atoms. The van der Waals surface area contributed by atoms with Gasteiger partial charge in [0.15, 0.2) is 0 Å². The standard InChI is InChI=1S/C22H21ClFN5O2/c1-2-15(13-30)27-21-9-20(17(23)11-25-21)28-8-7-19-16(22(28)31)10-26-29(19)12-14-5-3-4-6-18(14)24/h3-11,15,30H,2,12-13H2,1H3,(H,25,27)/t15-/m0/s1. The molecule has 0 fully saturated rings. The number of hydrogen-bond acceptors (Lipinski definition) is 5. The van der Waals surface area contributed by atoms with Gasteiger partial charge in [0.1, 0.15) is 11.6 Å². The average molecular weight is 442 g/mol. The second-order valence-electron chi connectivity index (χ2n) is 7.14. The SMILES string of the molecule is CC[C@@H](CO)Nc1cc(-n2ccc3c(cnn3Cc3ccccc3F)c2=O)c(Cl)cn1. The lowest BCUT2D eigenvalue weighted by Crippen LogP contribution is -2.24. The van der Waals surface area contributed by atoms with Crippen molar-refractivity contribution in [2.24, 2.45) is 0 Å². The summed E-state index contributed by atoms with van der Waals surface area (Å²) < 4.78 is 17.0. The van der Waals surface area contributed by atoms with E-state index in [0.29, 0.717) is 39.4 Å². The first kappa shape index (κ1) is 21.0. The van der Waals surface area contributed by atoms with Gasteiger partial charge < -0.3 is 10.4 Å². The molecule has 0 unspecified atom stereocenters. The van der Waals surface area contributed by atoms with E-state index in [1.54, 1.807) is 41.2 Å². The largest absolute Gasteiger partial charge is 0.394 e. The van der Waals surface area contributed by atoms with Crippen molar-refractivity contribution >= 4 is 28.3 Å². The van der Waals surface area contributed by atoms with Gasteiger partial charge in [-0.1, -0.05) is 36.7 Å². The van der Waals surface area contributed by atoms with Crippen LogP contribution in [0.3, 0.4) is 0 Å². The van der Waals surface area contributed by atoms with E-state index in [-0.39, 0.29) is 30.6 Å². The fraction of sp³-hybridized carbons (Fsp3) is 0.227. The van der Waals surface area contributed by atoms with Crippen LogP contribution in [-0.4, -0.2) is 37.1 Å². The second-order valence-corrected chi connectivity index (χ2v) is 7.54. The Balaban J connectivity index is 1.73. The molecule has 1 atom stereocenters. The predicted molar refractivity (Wildman–Crippen MR) is 118 cm³/mol. The van der Waals surface area contributed by atoms with Crippen LogP contribution in [0.15, 0.2) is 59.8 Å². The Morgan fingerprint density at radius 3 is 2.81 bits per heavy atom. The Morgan fingerprint density at radius 1 is 1.26 bits per heavy atom. The summed E-state index contributed by atoms with van der Waals surface area (Å²) in [6, 6.07) is 9.72. The minimum atomic E-state index is -0.323. The number of fused-ring (bicyclic) bond motifs is 1. The number of anilines is 1. The number of aromatic nitrogens is 4. The van der Waals surface area contributed by atoms with Gasteiger partial charge in [0.2, 0.25) is 0 Å². The molecule has 0 saturated heterocycles. The summed E-state index contributed by atoms with van der Waals surface area (Å²) in [7, 11) is 0. The normalized spacial score (nSPS) is 12.3. The minimum absolute atomic E-state index is 0.0385. The number of aliphatic hydroxyl groups is 1. The van der Waals surface area contributed by atoms with E-state index in [0.717, 1.165) is 0 Å². The highest BCUT2D eigenvalue weighted by Crippen LogP contribution is 2.23. The van der Waals surface area contributed by atoms with Gasteiger partial charge >= 0.3 is 0 Å². The number of nitrogens with one attached hydrogen (secondary N) is 1. The highest BCUT2D eigenvalue weighted by molar-refractivity contribution is 6.32. The zero-order valence-corrected chi connectivity index (χ0v) is 17.6. The van der Waals surface area contributed by atoms with E-state index >= 15 is 0 Å². The summed E-state index contributed by atoms with van der Waals surface area (Å²) in [4.78, 5) is 17.4. The van der Waals surface area contributed by atoms with Crippen molar-refractivity contribution in [1.82, 2.24) is 19.3 Å². The first-order valence-corrected chi connectivity index (χ1v) is 10.2. The highest BCUT2D eigenvalue weighted by Gasteiger charge is 2.14. The number of hydrogen-bond donors (Lipinski definition) is 2. The predicted octanol–water partition coefficient (Wildman–Crippen LogP) is 3.61. The summed E-state index contributed by atoms with van der Waals surface area (Å²) in [6.45, 7) is 2.12. The Bertz CT molecular complexity index is 1280. The van der Waals surface area contributed by atoms with Crippen LogP contribution in [0.25, 0.3) is 16.6 Å². The molecular formula is C22H21ClFN5O2. The van der Waals surface area contributed by atoms with Gasteiger partial charge in [0, 0.05) is 17.8 Å². The molecule has 0 amide bonds. The third-order valence-corrected chi connectivity index (χ3v) is 5.44. The second kappa shape index (κ2) is 8.87. The van der Waals surface area contributed by atoms with E-state index in [2.05, 4.69) is 15.4 Å². The molecule has 0 saturated carbocycles. The summed E-state index contributed by atoms with van der Waals surface area (Å²) in [5.41, 5.74) is 1.24. The Labute approximate surface area is 182 Å². The fourth-order valence-electron chi connectivity index (χ4n) is 3.36. The molecule has 0 bridgehead atoms. The maximum Gasteiger partial charge on any atom is 0.266 e. The van der Waals surface area contributed by atoms with E-state index in [9.17, 15) is 14.3 Å². The van der Waals surface area contributed by atoms with Gasteiger partial charge in [-0.15, -0.1) is 0 Å². The van der Waals surface area contributed by atoms with Crippen molar-refractivity contribution < 1.29 is 9.50 Å². The van der Waals surface area contributed by atoms with Gasteiger partial charge in [0.25, 0.3) is 5.56 Å². The van der Waals surface area contributed by atoms with Gasteiger partial charge in [-0.05, 0) is 18.6 Å². The molecule has 3 heterocycles. The molecular weight excluding hydrogens is 421 g/mol. The lowest BCUT2D eigenvalue weighted by molar-refractivity contribution is 0.271. The average Bonchev–Trinajstić information content (AvgIpc) is 3.19. The molecule has 2 N–H and O–H groups in total. The summed E-state index contributed by atoms with van der Waals surface area (Å²) in [6.07, 6.45) is 5.26. The number of halogens is 2. The van der Waals surface area contributed by atoms with Crippen LogP contribution >= 0.6 is 11.6 Å². The maximum atomic E-state index is 14.0. The number of pyridine rings is 2. The zero-order valence-electron chi connectivity index (χ0n) is 16.8. The third-order valence-electron chi connectivity index (χ3n) is 5.15. The quantitative estimate of drug-likeness (QED) is 0.457.